The first kappa shape index (κ1) is 19.1. The molecule has 1 aromatic heterocycles. The fraction of sp³-hybridized carbons (Fsp3) is 0.632. The van der Waals surface area contributed by atoms with Gasteiger partial charge in [0.25, 0.3) is 5.91 Å². The molecule has 0 N–H and O–H groups in total. The number of likely N-dealkylation sites (tertiary alicyclic amines) is 2. The summed E-state index contributed by atoms with van der Waals surface area (Å²) in [5, 5.41) is 0.320. The molecule has 2 fully saturated rings. The zero-order chi connectivity index (χ0) is 18.7. The quantitative estimate of drug-likeness (QED) is 0.737. The van der Waals surface area contributed by atoms with Crippen molar-refractivity contribution in [3.63, 3.8) is 0 Å². The average molecular weight is 380 g/mol. The topological polar surface area (TPSA) is 62.7 Å². The van der Waals surface area contributed by atoms with Gasteiger partial charge in [0.15, 0.2) is 0 Å². The molecule has 2 saturated heterocycles. The Labute approximate surface area is 159 Å². The second-order valence-corrected chi connectivity index (χ2v) is 7.45. The lowest BCUT2D eigenvalue weighted by molar-refractivity contribution is -0.133. The smallest absolute Gasteiger partial charge is 0.272 e. The molecule has 1 aromatic rings. The van der Waals surface area contributed by atoms with E-state index in [-0.39, 0.29) is 23.1 Å². The Morgan fingerprint density at radius 1 is 1.35 bits per heavy atom. The molecular weight excluding hydrogens is 354 g/mol. The van der Waals surface area contributed by atoms with Gasteiger partial charge in [-0.25, -0.2) is 4.98 Å². The number of rotatable bonds is 5. The summed E-state index contributed by atoms with van der Waals surface area (Å²) in [6, 6.07) is 5.08. The monoisotopic (exact) mass is 379 g/mol. The minimum absolute atomic E-state index is 0.0964. The van der Waals surface area contributed by atoms with Crippen molar-refractivity contribution in [3.8, 4) is 0 Å². The first-order valence-corrected chi connectivity index (χ1v) is 9.67. The molecule has 3 heterocycles. The van der Waals surface area contributed by atoms with Crippen LogP contribution in [0.4, 0.5) is 0 Å². The lowest BCUT2D eigenvalue weighted by Gasteiger charge is -2.41. The number of carbonyl (C=O) groups excluding carboxylic acids is 2. The van der Waals surface area contributed by atoms with Gasteiger partial charge in [0.1, 0.15) is 10.8 Å². The van der Waals surface area contributed by atoms with E-state index in [1.165, 1.54) is 0 Å². The predicted octanol–water partition coefficient (Wildman–Crippen LogP) is 2.47. The minimum Gasteiger partial charge on any atom is -0.381 e. The highest BCUT2D eigenvalue weighted by Gasteiger charge is 2.53. The number of carbonyl (C=O) groups is 2. The van der Waals surface area contributed by atoms with Crippen LogP contribution in [0.2, 0.25) is 5.15 Å². The lowest BCUT2D eigenvalue weighted by atomic mass is 9.71. The van der Waals surface area contributed by atoms with Crippen LogP contribution in [0, 0.1) is 11.3 Å². The van der Waals surface area contributed by atoms with Crippen LogP contribution in [0.3, 0.4) is 0 Å². The van der Waals surface area contributed by atoms with Crippen LogP contribution in [0.1, 0.15) is 37.2 Å². The average Bonchev–Trinajstić information content (AvgIpc) is 2.91. The number of amides is 2. The van der Waals surface area contributed by atoms with Crippen LogP contribution in [0.5, 0.6) is 0 Å². The molecule has 0 radical (unpaired) electrons. The fourth-order valence-corrected chi connectivity index (χ4v) is 4.32. The van der Waals surface area contributed by atoms with Gasteiger partial charge in [-0.15, -0.1) is 0 Å². The summed E-state index contributed by atoms with van der Waals surface area (Å²) in [7, 11) is 0. The molecule has 142 valence electrons. The summed E-state index contributed by atoms with van der Waals surface area (Å²) >= 11 is 5.90. The molecule has 0 bridgehead atoms. The van der Waals surface area contributed by atoms with E-state index in [1.54, 1.807) is 18.2 Å². The van der Waals surface area contributed by atoms with Gasteiger partial charge in [0.2, 0.25) is 5.91 Å². The molecule has 0 saturated carbocycles. The van der Waals surface area contributed by atoms with Gasteiger partial charge < -0.3 is 14.5 Å². The molecule has 0 aromatic carbocycles. The standard InChI is InChI=1S/C19H26ClN3O3/c1-3-22-13-19(14(17(22)24)12-26-4-2)8-10-23(11-9-19)18(25)15-6-5-7-16(20)21-15/h5-7,14H,3-4,8-13H2,1-2H3. The molecule has 2 amide bonds. The fourth-order valence-electron chi connectivity index (χ4n) is 4.15. The van der Waals surface area contributed by atoms with Crippen molar-refractivity contribution in [3.05, 3.63) is 29.0 Å². The molecule has 1 unspecified atom stereocenters. The van der Waals surface area contributed by atoms with E-state index >= 15 is 0 Å². The van der Waals surface area contributed by atoms with E-state index < -0.39 is 0 Å². The molecule has 2 aliphatic heterocycles. The Morgan fingerprint density at radius 3 is 2.69 bits per heavy atom. The molecule has 1 spiro atoms. The van der Waals surface area contributed by atoms with Crippen molar-refractivity contribution >= 4 is 23.4 Å². The maximum Gasteiger partial charge on any atom is 0.272 e. The number of ether oxygens (including phenoxy) is 1. The SMILES string of the molecule is CCOCC1C(=O)N(CC)CC12CCN(C(=O)c1cccc(Cl)n1)CC2. The summed E-state index contributed by atoms with van der Waals surface area (Å²) in [5.74, 6) is -0.0124. The molecule has 3 rings (SSSR count). The normalized spacial score (nSPS) is 22.3. The molecule has 1 atom stereocenters. The first-order chi connectivity index (χ1) is 12.5. The summed E-state index contributed by atoms with van der Waals surface area (Å²) < 4.78 is 5.61. The molecule has 7 heteroatoms. The van der Waals surface area contributed by atoms with Gasteiger partial charge >= 0.3 is 0 Å². The van der Waals surface area contributed by atoms with Crippen molar-refractivity contribution in [2.24, 2.45) is 11.3 Å². The minimum atomic E-state index is -0.107. The predicted molar refractivity (Wildman–Crippen MR) is 99.1 cm³/mol. The van der Waals surface area contributed by atoms with E-state index in [1.807, 2.05) is 23.6 Å². The van der Waals surface area contributed by atoms with Gasteiger partial charge in [-0.3, -0.25) is 9.59 Å². The Bertz CT molecular complexity index is 674. The first-order valence-electron chi connectivity index (χ1n) is 9.29. The van der Waals surface area contributed by atoms with Crippen LogP contribution < -0.4 is 0 Å². The highest BCUT2D eigenvalue weighted by atomic mass is 35.5. The molecule has 0 aliphatic carbocycles. The van der Waals surface area contributed by atoms with Crippen molar-refractivity contribution in [2.45, 2.75) is 26.7 Å². The zero-order valence-corrected chi connectivity index (χ0v) is 16.2. The van der Waals surface area contributed by atoms with Crippen LogP contribution in [-0.4, -0.2) is 66.0 Å². The van der Waals surface area contributed by atoms with Gasteiger partial charge in [-0.2, -0.15) is 0 Å². The van der Waals surface area contributed by atoms with Crippen LogP contribution in [-0.2, 0) is 9.53 Å². The number of hydrogen-bond donors (Lipinski definition) is 0. The highest BCUT2D eigenvalue weighted by molar-refractivity contribution is 6.29. The Balaban J connectivity index is 1.71. The number of hydrogen-bond acceptors (Lipinski definition) is 4. The van der Waals surface area contributed by atoms with Crippen LogP contribution in [0.25, 0.3) is 0 Å². The molecule has 2 aliphatic rings. The van der Waals surface area contributed by atoms with E-state index in [0.29, 0.717) is 37.2 Å². The largest absolute Gasteiger partial charge is 0.381 e. The molecule has 26 heavy (non-hydrogen) atoms. The number of halogens is 1. The second kappa shape index (κ2) is 7.92. The maximum atomic E-state index is 12.7. The van der Waals surface area contributed by atoms with Crippen molar-refractivity contribution in [2.75, 3.05) is 39.4 Å². The van der Waals surface area contributed by atoms with Gasteiger partial charge in [-0.05, 0) is 38.8 Å². The van der Waals surface area contributed by atoms with E-state index in [0.717, 1.165) is 25.9 Å². The number of aromatic nitrogens is 1. The molecule has 6 nitrogen and oxygen atoms in total. The summed E-state index contributed by atoms with van der Waals surface area (Å²) in [6.45, 7) is 7.77. The number of nitrogens with zero attached hydrogens (tertiary/aromatic N) is 3. The third kappa shape index (κ3) is 3.58. The molecular formula is C19H26ClN3O3. The Hall–Kier alpha value is -1.66. The van der Waals surface area contributed by atoms with Crippen LogP contribution in [0.15, 0.2) is 18.2 Å². The van der Waals surface area contributed by atoms with E-state index in [4.69, 9.17) is 16.3 Å². The Morgan fingerprint density at radius 2 is 2.08 bits per heavy atom. The van der Waals surface area contributed by atoms with E-state index in [9.17, 15) is 9.59 Å². The van der Waals surface area contributed by atoms with Crippen molar-refractivity contribution < 1.29 is 14.3 Å². The number of piperidine rings is 1. The van der Waals surface area contributed by atoms with Crippen molar-refractivity contribution in [1.29, 1.82) is 0 Å². The van der Waals surface area contributed by atoms with Crippen LogP contribution >= 0.6 is 11.6 Å². The summed E-state index contributed by atoms with van der Waals surface area (Å²) in [4.78, 5) is 33.3. The summed E-state index contributed by atoms with van der Waals surface area (Å²) in [5.41, 5.74) is 0.276. The maximum absolute atomic E-state index is 12.7. The summed E-state index contributed by atoms with van der Waals surface area (Å²) in [6.07, 6.45) is 1.61. The Kier molecular flexibility index (Phi) is 5.82. The van der Waals surface area contributed by atoms with Gasteiger partial charge in [0, 0.05) is 38.2 Å². The second-order valence-electron chi connectivity index (χ2n) is 7.06. The lowest BCUT2D eigenvalue weighted by Crippen LogP contribution is -2.47. The highest BCUT2D eigenvalue weighted by Crippen LogP contribution is 2.45. The zero-order valence-electron chi connectivity index (χ0n) is 15.4. The van der Waals surface area contributed by atoms with Gasteiger partial charge in [0.05, 0.1) is 12.5 Å². The van der Waals surface area contributed by atoms with Gasteiger partial charge in [-0.1, -0.05) is 17.7 Å². The third-order valence-corrected chi connectivity index (χ3v) is 5.92. The number of pyridine rings is 1. The van der Waals surface area contributed by atoms with Crippen molar-refractivity contribution in [1.82, 2.24) is 14.8 Å². The van der Waals surface area contributed by atoms with E-state index in [2.05, 4.69) is 4.98 Å². The third-order valence-electron chi connectivity index (χ3n) is 5.71.